The number of rotatable bonds is 6. The Balaban J connectivity index is 2.99. The molecule has 7 heteroatoms. The first-order valence-corrected chi connectivity index (χ1v) is 8.08. The molecule has 0 saturated carbocycles. The number of benzene rings is 1. The highest BCUT2D eigenvalue weighted by Crippen LogP contribution is 2.20. The normalized spacial score (nSPS) is 13.2. The molecule has 110 valence electrons. The van der Waals surface area contributed by atoms with Gasteiger partial charge in [0.1, 0.15) is 6.07 Å². The second kappa shape index (κ2) is 7.04. The maximum absolute atomic E-state index is 12.2. The van der Waals surface area contributed by atoms with Crippen molar-refractivity contribution in [2.45, 2.75) is 31.2 Å². The summed E-state index contributed by atoms with van der Waals surface area (Å²) in [6, 6.07) is 5.57. The molecule has 0 fully saturated rings. The van der Waals surface area contributed by atoms with Crippen molar-refractivity contribution in [2.24, 2.45) is 11.7 Å². The average molecular weight is 316 g/mol. The molecule has 0 aliphatic carbocycles. The summed E-state index contributed by atoms with van der Waals surface area (Å²) in [5, 5.41) is 8.89. The van der Waals surface area contributed by atoms with Crippen LogP contribution in [0.2, 0.25) is 5.02 Å². The van der Waals surface area contributed by atoms with Gasteiger partial charge in [-0.15, -0.1) is 0 Å². The second-order valence-electron chi connectivity index (χ2n) is 4.94. The molecule has 0 spiro atoms. The van der Waals surface area contributed by atoms with Crippen molar-refractivity contribution in [3.63, 3.8) is 0 Å². The number of nitriles is 1. The number of nitrogens with two attached hydrogens (primary N) is 1. The Hall–Kier alpha value is -1.13. The summed E-state index contributed by atoms with van der Waals surface area (Å²) >= 11 is 5.85. The van der Waals surface area contributed by atoms with Crippen LogP contribution in [-0.4, -0.2) is 21.0 Å². The van der Waals surface area contributed by atoms with E-state index in [4.69, 9.17) is 22.6 Å². The van der Waals surface area contributed by atoms with E-state index in [1.165, 1.54) is 18.2 Å². The summed E-state index contributed by atoms with van der Waals surface area (Å²) in [6.07, 6.45) is 0.653. The van der Waals surface area contributed by atoms with Gasteiger partial charge in [-0.1, -0.05) is 25.4 Å². The topological polar surface area (TPSA) is 96.0 Å². The Kier molecular flexibility index (Phi) is 5.96. The Morgan fingerprint density at radius 2 is 2.10 bits per heavy atom. The Labute approximate surface area is 124 Å². The third kappa shape index (κ3) is 4.46. The van der Waals surface area contributed by atoms with Crippen LogP contribution in [0.1, 0.15) is 25.8 Å². The number of hydrogen-bond donors (Lipinski definition) is 2. The molecule has 1 aromatic carbocycles. The molecule has 0 aliphatic heterocycles. The van der Waals surface area contributed by atoms with Crippen molar-refractivity contribution < 1.29 is 8.42 Å². The number of nitrogens with zero attached hydrogens (tertiary/aromatic N) is 1. The number of sulfonamides is 1. The van der Waals surface area contributed by atoms with E-state index in [-0.39, 0.29) is 28.1 Å². The van der Waals surface area contributed by atoms with Gasteiger partial charge in [0.15, 0.2) is 0 Å². The predicted molar refractivity (Wildman–Crippen MR) is 78.8 cm³/mol. The first kappa shape index (κ1) is 16.9. The standard InChI is InChI=1S/C13H18ClN3O2S/c1-9(2)5-11(8-16)17-20(18,19)12-4-3-10(7-15)13(14)6-12/h3-4,6,9,11,17H,5,8,16H2,1-2H3. The van der Waals surface area contributed by atoms with Gasteiger partial charge in [-0.2, -0.15) is 5.26 Å². The summed E-state index contributed by atoms with van der Waals surface area (Å²) in [5.74, 6) is 0.329. The van der Waals surface area contributed by atoms with E-state index < -0.39 is 10.0 Å². The third-order valence-corrected chi connectivity index (χ3v) is 4.56. The lowest BCUT2D eigenvalue weighted by Gasteiger charge is -2.19. The van der Waals surface area contributed by atoms with E-state index in [0.29, 0.717) is 12.3 Å². The zero-order valence-electron chi connectivity index (χ0n) is 11.4. The maximum Gasteiger partial charge on any atom is 0.240 e. The fraction of sp³-hybridized carbons (Fsp3) is 0.462. The highest BCUT2D eigenvalue weighted by atomic mass is 35.5. The lowest BCUT2D eigenvalue weighted by molar-refractivity contribution is 0.465. The van der Waals surface area contributed by atoms with E-state index in [9.17, 15) is 8.42 Å². The van der Waals surface area contributed by atoms with Crippen LogP contribution >= 0.6 is 11.6 Å². The van der Waals surface area contributed by atoms with Gasteiger partial charge in [-0.25, -0.2) is 13.1 Å². The summed E-state index contributed by atoms with van der Waals surface area (Å²) in [4.78, 5) is 0.0312. The molecule has 0 radical (unpaired) electrons. The fourth-order valence-corrected chi connectivity index (χ4v) is 3.38. The molecule has 1 unspecified atom stereocenters. The SMILES string of the molecule is CC(C)CC(CN)NS(=O)(=O)c1ccc(C#N)c(Cl)c1. The lowest BCUT2D eigenvalue weighted by Crippen LogP contribution is -2.40. The van der Waals surface area contributed by atoms with Gasteiger partial charge in [0.25, 0.3) is 0 Å². The second-order valence-corrected chi connectivity index (χ2v) is 7.06. The molecule has 0 bridgehead atoms. The molecule has 20 heavy (non-hydrogen) atoms. The van der Waals surface area contributed by atoms with E-state index in [0.717, 1.165) is 0 Å². The van der Waals surface area contributed by atoms with E-state index in [1.54, 1.807) is 0 Å². The first-order valence-electron chi connectivity index (χ1n) is 6.22. The Bertz CT molecular complexity index is 609. The van der Waals surface area contributed by atoms with Gasteiger partial charge >= 0.3 is 0 Å². The Morgan fingerprint density at radius 3 is 2.55 bits per heavy atom. The maximum atomic E-state index is 12.2. The van der Waals surface area contributed by atoms with Crippen LogP contribution in [0.5, 0.6) is 0 Å². The summed E-state index contributed by atoms with van der Waals surface area (Å²) < 4.78 is 27.0. The van der Waals surface area contributed by atoms with Crippen LogP contribution in [0.3, 0.4) is 0 Å². The molecule has 1 aromatic rings. The highest BCUT2D eigenvalue weighted by Gasteiger charge is 2.20. The largest absolute Gasteiger partial charge is 0.329 e. The third-order valence-electron chi connectivity index (χ3n) is 2.73. The summed E-state index contributed by atoms with van der Waals surface area (Å²) in [7, 11) is -3.69. The highest BCUT2D eigenvalue weighted by molar-refractivity contribution is 7.89. The van der Waals surface area contributed by atoms with Gasteiger partial charge in [0, 0.05) is 12.6 Å². The van der Waals surface area contributed by atoms with Crippen molar-refractivity contribution in [3.05, 3.63) is 28.8 Å². The molecule has 0 amide bonds. The van der Waals surface area contributed by atoms with Crippen molar-refractivity contribution in [2.75, 3.05) is 6.54 Å². The van der Waals surface area contributed by atoms with Gasteiger partial charge in [-0.3, -0.25) is 0 Å². The zero-order valence-corrected chi connectivity index (χ0v) is 13.0. The molecular weight excluding hydrogens is 298 g/mol. The number of hydrogen-bond acceptors (Lipinski definition) is 4. The van der Waals surface area contributed by atoms with Crippen LogP contribution in [0.15, 0.2) is 23.1 Å². The molecule has 0 aromatic heterocycles. The van der Waals surface area contributed by atoms with Gasteiger partial charge in [0.2, 0.25) is 10.0 Å². The Morgan fingerprint density at radius 1 is 1.45 bits per heavy atom. The zero-order chi connectivity index (χ0) is 15.3. The molecule has 1 atom stereocenters. The number of nitrogens with one attached hydrogen (secondary N) is 1. The van der Waals surface area contributed by atoms with E-state index >= 15 is 0 Å². The fourth-order valence-electron chi connectivity index (χ4n) is 1.80. The first-order chi connectivity index (χ1) is 9.30. The monoisotopic (exact) mass is 315 g/mol. The molecule has 0 aliphatic rings. The molecule has 5 nitrogen and oxygen atoms in total. The average Bonchev–Trinajstić information content (AvgIpc) is 2.36. The van der Waals surface area contributed by atoms with Gasteiger partial charge < -0.3 is 5.73 Å². The van der Waals surface area contributed by atoms with Gasteiger partial charge in [0.05, 0.1) is 15.5 Å². The minimum absolute atomic E-state index is 0.0312. The molecule has 1 rings (SSSR count). The summed E-state index contributed by atoms with van der Waals surface area (Å²) in [5.41, 5.74) is 5.82. The minimum Gasteiger partial charge on any atom is -0.329 e. The van der Waals surface area contributed by atoms with E-state index in [2.05, 4.69) is 4.72 Å². The van der Waals surface area contributed by atoms with Crippen molar-refractivity contribution >= 4 is 21.6 Å². The van der Waals surface area contributed by atoms with Gasteiger partial charge in [-0.05, 0) is 30.5 Å². The lowest BCUT2D eigenvalue weighted by atomic mass is 10.1. The van der Waals surface area contributed by atoms with E-state index in [1.807, 2.05) is 19.9 Å². The summed E-state index contributed by atoms with van der Waals surface area (Å²) in [6.45, 7) is 4.21. The van der Waals surface area contributed by atoms with Crippen LogP contribution in [-0.2, 0) is 10.0 Å². The predicted octanol–water partition coefficient (Wildman–Crippen LogP) is 1.86. The smallest absolute Gasteiger partial charge is 0.240 e. The van der Waals surface area contributed by atoms with Crippen molar-refractivity contribution in [3.8, 4) is 6.07 Å². The quantitative estimate of drug-likeness (QED) is 0.837. The van der Waals surface area contributed by atoms with Crippen LogP contribution in [0.25, 0.3) is 0 Å². The van der Waals surface area contributed by atoms with Crippen LogP contribution in [0, 0.1) is 17.2 Å². The molecule has 0 heterocycles. The molecular formula is C13H18ClN3O2S. The van der Waals surface area contributed by atoms with Crippen molar-refractivity contribution in [1.82, 2.24) is 4.72 Å². The molecule has 0 saturated heterocycles. The minimum atomic E-state index is -3.69. The van der Waals surface area contributed by atoms with Crippen molar-refractivity contribution in [1.29, 1.82) is 5.26 Å². The van der Waals surface area contributed by atoms with Crippen LogP contribution < -0.4 is 10.5 Å². The number of halogens is 1. The molecule has 3 N–H and O–H groups in total. The van der Waals surface area contributed by atoms with Crippen LogP contribution in [0.4, 0.5) is 0 Å².